The molecule has 0 saturated carbocycles. The fraction of sp³-hybridized carbons (Fsp3) is 0.263. The van der Waals surface area contributed by atoms with E-state index in [1.807, 2.05) is 20.9 Å². The van der Waals surface area contributed by atoms with Gasteiger partial charge in [0, 0.05) is 29.9 Å². The Balaban J connectivity index is 1.85. The molecule has 0 spiro atoms. The maximum absolute atomic E-state index is 12.0. The zero-order chi connectivity index (χ0) is 20.0. The summed E-state index contributed by atoms with van der Waals surface area (Å²) >= 11 is 0. The van der Waals surface area contributed by atoms with Crippen LogP contribution >= 0.6 is 0 Å². The van der Waals surface area contributed by atoms with E-state index in [0.717, 1.165) is 17.0 Å². The van der Waals surface area contributed by atoms with Crippen molar-refractivity contribution in [3.63, 3.8) is 0 Å². The van der Waals surface area contributed by atoms with Crippen LogP contribution < -0.4 is 10.9 Å². The number of aryl methyl sites for hydroxylation is 2. The Kier molecular flexibility index (Phi) is 6.48. The van der Waals surface area contributed by atoms with Crippen molar-refractivity contribution in [3.8, 4) is 0 Å². The first-order valence-electron chi connectivity index (χ1n) is 8.33. The van der Waals surface area contributed by atoms with E-state index in [2.05, 4.69) is 16.0 Å². The standard InChI is InChI=1S/C19H22N4O4/c1-12-16(13(2)23(4)22-12)10-11-17(24)27-14(3)18(25)20-21-19(26)15-8-6-5-7-9-15/h5-11,14H,1-4H3,(H,20,25)(H,21,26)/b11-10+/t14-/m1/s1. The van der Waals surface area contributed by atoms with Gasteiger partial charge in [0.05, 0.1) is 5.69 Å². The van der Waals surface area contributed by atoms with Gasteiger partial charge in [0.1, 0.15) is 0 Å². The largest absolute Gasteiger partial charge is 0.449 e. The lowest BCUT2D eigenvalue weighted by molar-refractivity contribution is -0.150. The van der Waals surface area contributed by atoms with E-state index in [4.69, 9.17) is 4.74 Å². The molecule has 1 heterocycles. The summed E-state index contributed by atoms with van der Waals surface area (Å²) in [6.07, 6.45) is 1.76. The van der Waals surface area contributed by atoms with Gasteiger partial charge in [0.2, 0.25) is 0 Å². The van der Waals surface area contributed by atoms with Crippen LogP contribution in [0.5, 0.6) is 0 Å². The average Bonchev–Trinajstić information content (AvgIpc) is 2.90. The van der Waals surface area contributed by atoms with Crippen molar-refractivity contribution in [2.75, 3.05) is 0 Å². The van der Waals surface area contributed by atoms with Crippen LogP contribution in [0, 0.1) is 13.8 Å². The molecule has 2 aromatic rings. The predicted octanol–water partition coefficient (Wildman–Crippen LogP) is 1.44. The number of rotatable bonds is 5. The van der Waals surface area contributed by atoms with Crippen LogP contribution in [-0.2, 0) is 21.4 Å². The van der Waals surface area contributed by atoms with E-state index in [0.29, 0.717) is 5.56 Å². The summed E-state index contributed by atoms with van der Waals surface area (Å²) in [5.41, 5.74) is 7.41. The van der Waals surface area contributed by atoms with Crippen LogP contribution in [0.1, 0.15) is 34.2 Å². The molecule has 142 valence electrons. The molecule has 8 nitrogen and oxygen atoms in total. The lowest BCUT2D eigenvalue weighted by Gasteiger charge is -2.13. The van der Waals surface area contributed by atoms with E-state index in [-0.39, 0.29) is 0 Å². The Bertz CT molecular complexity index is 871. The maximum Gasteiger partial charge on any atom is 0.331 e. The van der Waals surface area contributed by atoms with Gasteiger partial charge in [0.15, 0.2) is 6.10 Å². The number of carbonyl (C=O) groups excluding carboxylic acids is 3. The second-order valence-electron chi connectivity index (χ2n) is 5.93. The van der Waals surface area contributed by atoms with Gasteiger partial charge in [-0.05, 0) is 39.0 Å². The molecule has 0 radical (unpaired) electrons. The Morgan fingerprint density at radius 3 is 2.41 bits per heavy atom. The summed E-state index contributed by atoms with van der Waals surface area (Å²) in [7, 11) is 1.81. The number of aromatic nitrogens is 2. The van der Waals surface area contributed by atoms with Crippen molar-refractivity contribution in [1.82, 2.24) is 20.6 Å². The van der Waals surface area contributed by atoms with Crippen LogP contribution in [0.2, 0.25) is 0 Å². The first-order chi connectivity index (χ1) is 12.8. The number of hydrogen-bond acceptors (Lipinski definition) is 5. The van der Waals surface area contributed by atoms with Crippen molar-refractivity contribution in [1.29, 1.82) is 0 Å². The minimum absolute atomic E-state index is 0.396. The summed E-state index contributed by atoms with van der Waals surface area (Å²) < 4.78 is 6.76. The topological polar surface area (TPSA) is 102 Å². The molecule has 0 saturated heterocycles. The first kappa shape index (κ1) is 19.9. The highest BCUT2D eigenvalue weighted by atomic mass is 16.5. The minimum atomic E-state index is -1.07. The number of carbonyl (C=O) groups is 3. The smallest absolute Gasteiger partial charge is 0.331 e. The van der Waals surface area contributed by atoms with Gasteiger partial charge in [0.25, 0.3) is 11.8 Å². The molecule has 0 aliphatic heterocycles. The van der Waals surface area contributed by atoms with Gasteiger partial charge in [-0.2, -0.15) is 5.10 Å². The van der Waals surface area contributed by atoms with Crippen LogP contribution in [0.15, 0.2) is 36.4 Å². The van der Waals surface area contributed by atoms with Crippen molar-refractivity contribution >= 4 is 23.9 Å². The van der Waals surface area contributed by atoms with Crippen molar-refractivity contribution in [3.05, 3.63) is 58.9 Å². The van der Waals surface area contributed by atoms with Crippen LogP contribution in [-0.4, -0.2) is 33.7 Å². The molecular formula is C19H22N4O4. The molecule has 2 amide bonds. The number of nitrogens with one attached hydrogen (secondary N) is 2. The van der Waals surface area contributed by atoms with Gasteiger partial charge in [-0.15, -0.1) is 0 Å². The quantitative estimate of drug-likeness (QED) is 0.471. The summed E-state index contributed by atoms with van der Waals surface area (Å²) in [6, 6.07) is 8.41. The highest BCUT2D eigenvalue weighted by molar-refractivity contribution is 5.96. The molecule has 8 heteroatoms. The maximum atomic E-state index is 12.0. The van der Waals surface area contributed by atoms with Crippen molar-refractivity contribution in [2.45, 2.75) is 26.9 Å². The fourth-order valence-corrected chi connectivity index (χ4v) is 2.33. The molecule has 0 aliphatic carbocycles. The SMILES string of the molecule is Cc1nn(C)c(C)c1/C=C/C(=O)O[C@H](C)C(=O)NNC(=O)c1ccccc1. The van der Waals surface area contributed by atoms with E-state index in [1.165, 1.54) is 13.0 Å². The van der Waals surface area contributed by atoms with Gasteiger partial charge >= 0.3 is 5.97 Å². The number of ether oxygens (including phenoxy) is 1. The number of hydrazine groups is 1. The third-order valence-electron chi connectivity index (χ3n) is 3.95. The molecule has 2 N–H and O–H groups in total. The number of nitrogens with zero attached hydrogens (tertiary/aromatic N) is 2. The third kappa shape index (κ3) is 5.27. The summed E-state index contributed by atoms with van der Waals surface area (Å²) in [6.45, 7) is 5.14. The molecule has 0 unspecified atom stereocenters. The molecule has 1 aromatic carbocycles. The lowest BCUT2D eigenvalue weighted by Crippen LogP contribution is -2.46. The molecule has 0 aliphatic rings. The zero-order valence-electron chi connectivity index (χ0n) is 15.6. The second kappa shape index (κ2) is 8.79. The molecular weight excluding hydrogens is 348 g/mol. The normalized spacial score (nSPS) is 11.9. The molecule has 1 aromatic heterocycles. The van der Waals surface area contributed by atoms with Crippen LogP contribution in [0.3, 0.4) is 0 Å². The molecule has 1 atom stereocenters. The Morgan fingerprint density at radius 2 is 1.81 bits per heavy atom. The number of esters is 1. The minimum Gasteiger partial charge on any atom is -0.449 e. The van der Waals surface area contributed by atoms with E-state index >= 15 is 0 Å². The molecule has 2 rings (SSSR count). The summed E-state index contributed by atoms with van der Waals surface area (Å²) in [5.74, 6) is -1.78. The highest BCUT2D eigenvalue weighted by Gasteiger charge is 2.17. The average molecular weight is 370 g/mol. The number of hydrogen-bond donors (Lipinski definition) is 2. The van der Waals surface area contributed by atoms with Crippen molar-refractivity contribution in [2.24, 2.45) is 7.05 Å². The van der Waals surface area contributed by atoms with Gasteiger partial charge in [-0.3, -0.25) is 25.1 Å². The molecule has 27 heavy (non-hydrogen) atoms. The number of amides is 2. The fourth-order valence-electron chi connectivity index (χ4n) is 2.33. The Hall–Kier alpha value is -3.42. The zero-order valence-corrected chi connectivity index (χ0v) is 15.6. The van der Waals surface area contributed by atoms with Crippen molar-refractivity contribution < 1.29 is 19.1 Å². The highest BCUT2D eigenvalue weighted by Crippen LogP contribution is 2.13. The predicted molar refractivity (Wildman–Crippen MR) is 99.3 cm³/mol. The summed E-state index contributed by atoms with van der Waals surface area (Å²) in [5, 5.41) is 4.25. The second-order valence-corrected chi connectivity index (χ2v) is 5.93. The monoisotopic (exact) mass is 370 g/mol. The van der Waals surface area contributed by atoms with Gasteiger partial charge < -0.3 is 4.74 Å². The molecule has 0 bridgehead atoms. The molecule has 0 fully saturated rings. The third-order valence-corrected chi connectivity index (χ3v) is 3.95. The Morgan fingerprint density at radius 1 is 1.15 bits per heavy atom. The lowest BCUT2D eigenvalue weighted by atomic mass is 10.2. The number of benzene rings is 1. The first-order valence-corrected chi connectivity index (χ1v) is 8.33. The van der Waals surface area contributed by atoms with Gasteiger partial charge in [-0.25, -0.2) is 4.79 Å². The summed E-state index contributed by atoms with van der Waals surface area (Å²) in [4.78, 5) is 35.7. The van der Waals surface area contributed by atoms with E-state index in [9.17, 15) is 14.4 Å². The Labute approximate surface area is 157 Å². The van der Waals surface area contributed by atoms with Gasteiger partial charge in [-0.1, -0.05) is 18.2 Å². The van der Waals surface area contributed by atoms with Crippen LogP contribution in [0.25, 0.3) is 6.08 Å². The van der Waals surface area contributed by atoms with E-state index in [1.54, 1.807) is 41.1 Å². The van der Waals surface area contributed by atoms with Crippen LogP contribution in [0.4, 0.5) is 0 Å². The van der Waals surface area contributed by atoms with E-state index < -0.39 is 23.9 Å².